The Kier molecular flexibility index (Phi) is 4.29. The van der Waals surface area contributed by atoms with Gasteiger partial charge in [0.2, 0.25) is 5.91 Å². The van der Waals surface area contributed by atoms with Crippen LogP contribution in [0.25, 0.3) is 0 Å². The number of fused-ring (bicyclic) bond motifs is 2. The minimum Gasteiger partial charge on any atom is -0.343 e. The number of carbonyl (C=O) groups is 1. The first-order chi connectivity index (χ1) is 10.1. The first kappa shape index (κ1) is 14.6. The smallest absolute Gasteiger partial charge is 0.223 e. The van der Waals surface area contributed by atoms with Crippen LogP contribution in [0.2, 0.25) is 0 Å². The summed E-state index contributed by atoms with van der Waals surface area (Å²) < 4.78 is 0. The molecule has 2 aliphatic rings. The van der Waals surface area contributed by atoms with Crippen LogP contribution in [0.1, 0.15) is 50.5 Å². The highest BCUT2D eigenvalue weighted by Gasteiger charge is 2.36. The molecule has 21 heavy (non-hydrogen) atoms. The molecule has 0 aromatic heterocycles. The maximum atomic E-state index is 12.6. The normalized spacial score (nSPS) is 29.1. The summed E-state index contributed by atoms with van der Waals surface area (Å²) in [5.41, 5.74) is 1.25. The predicted molar refractivity (Wildman–Crippen MR) is 85.2 cm³/mol. The van der Waals surface area contributed by atoms with Crippen LogP contribution in [0.3, 0.4) is 0 Å². The fourth-order valence-electron chi connectivity index (χ4n) is 3.85. The first-order valence-corrected chi connectivity index (χ1v) is 8.20. The topological polar surface area (TPSA) is 32.3 Å². The summed E-state index contributed by atoms with van der Waals surface area (Å²) in [6, 6.07) is 12.0. The summed E-state index contributed by atoms with van der Waals surface area (Å²) >= 11 is 0. The predicted octanol–water partition coefficient (Wildman–Crippen LogP) is 2.92. The molecule has 0 radical (unpaired) electrons. The molecule has 1 aromatic carbocycles. The van der Waals surface area contributed by atoms with Crippen molar-refractivity contribution in [3.05, 3.63) is 35.9 Å². The minimum absolute atomic E-state index is 0.289. The lowest BCUT2D eigenvalue weighted by atomic mass is 9.95. The Balaban J connectivity index is 1.57. The zero-order valence-corrected chi connectivity index (χ0v) is 13.1. The van der Waals surface area contributed by atoms with Crippen molar-refractivity contribution in [3.63, 3.8) is 0 Å². The molecule has 0 saturated carbocycles. The fraction of sp³-hybridized carbons (Fsp3) is 0.611. The molecule has 1 aromatic rings. The van der Waals surface area contributed by atoms with Crippen LogP contribution >= 0.6 is 0 Å². The van der Waals surface area contributed by atoms with Gasteiger partial charge in [-0.05, 0) is 37.2 Å². The van der Waals surface area contributed by atoms with E-state index in [9.17, 15) is 4.79 Å². The van der Waals surface area contributed by atoms with E-state index in [0.29, 0.717) is 30.5 Å². The van der Waals surface area contributed by atoms with E-state index in [2.05, 4.69) is 24.4 Å². The van der Waals surface area contributed by atoms with Crippen molar-refractivity contribution >= 4 is 5.91 Å². The molecular weight excluding hydrogens is 260 g/mol. The summed E-state index contributed by atoms with van der Waals surface area (Å²) in [6.45, 7) is 2.15. The van der Waals surface area contributed by atoms with E-state index in [0.717, 1.165) is 12.8 Å². The first-order valence-electron chi connectivity index (χ1n) is 8.20. The molecule has 3 rings (SSSR count). The lowest BCUT2D eigenvalue weighted by molar-refractivity contribution is -0.133. The molecule has 2 fully saturated rings. The third-order valence-electron chi connectivity index (χ3n) is 5.24. The number of nitrogens with zero attached hydrogens (tertiary/aromatic N) is 1. The van der Waals surface area contributed by atoms with Gasteiger partial charge in [-0.25, -0.2) is 0 Å². The fourth-order valence-corrected chi connectivity index (χ4v) is 3.85. The van der Waals surface area contributed by atoms with Crippen LogP contribution < -0.4 is 5.32 Å². The zero-order chi connectivity index (χ0) is 14.8. The zero-order valence-electron chi connectivity index (χ0n) is 13.1. The van der Waals surface area contributed by atoms with Crippen LogP contribution in [0.15, 0.2) is 30.3 Å². The maximum Gasteiger partial charge on any atom is 0.223 e. The summed E-state index contributed by atoms with van der Waals surface area (Å²) in [7, 11) is 2.00. The van der Waals surface area contributed by atoms with Crippen molar-refractivity contribution < 1.29 is 4.79 Å². The number of carbonyl (C=O) groups excluding carboxylic acids is 1. The van der Waals surface area contributed by atoms with Crippen molar-refractivity contribution in [3.8, 4) is 0 Å². The van der Waals surface area contributed by atoms with Gasteiger partial charge in [-0.2, -0.15) is 0 Å². The van der Waals surface area contributed by atoms with Gasteiger partial charge in [0.15, 0.2) is 0 Å². The molecule has 0 spiro atoms. The lowest BCUT2D eigenvalue weighted by Gasteiger charge is -2.36. The lowest BCUT2D eigenvalue weighted by Crippen LogP contribution is -2.48. The SMILES string of the molecule is CC(CC(=O)N(C)C1CC2CCC(C1)N2)c1ccccc1. The van der Waals surface area contributed by atoms with Gasteiger partial charge >= 0.3 is 0 Å². The molecule has 0 aliphatic carbocycles. The third kappa shape index (κ3) is 3.29. The van der Waals surface area contributed by atoms with E-state index in [1.165, 1.54) is 18.4 Å². The van der Waals surface area contributed by atoms with Gasteiger partial charge in [-0.3, -0.25) is 4.79 Å². The van der Waals surface area contributed by atoms with Crippen molar-refractivity contribution in [2.24, 2.45) is 0 Å². The van der Waals surface area contributed by atoms with Gasteiger partial charge in [-0.15, -0.1) is 0 Å². The van der Waals surface area contributed by atoms with E-state index in [-0.39, 0.29) is 5.91 Å². The second kappa shape index (κ2) is 6.18. The summed E-state index contributed by atoms with van der Waals surface area (Å²) in [5, 5.41) is 3.64. The number of rotatable bonds is 4. The third-order valence-corrected chi connectivity index (χ3v) is 5.24. The van der Waals surface area contributed by atoms with Crippen LogP contribution in [0.5, 0.6) is 0 Å². The Morgan fingerprint density at radius 1 is 1.24 bits per heavy atom. The van der Waals surface area contributed by atoms with E-state index < -0.39 is 0 Å². The standard InChI is InChI=1S/C18H26N2O/c1-13(14-6-4-3-5-7-14)10-18(21)20(2)17-11-15-8-9-16(12-17)19-15/h3-7,13,15-17,19H,8-12H2,1-2H3. The average Bonchev–Trinajstić information content (AvgIpc) is 2.85. The Hall–Kier alpha value is -1.35. The summed E-state index contributed by atoms with van der Waals surface area (Å²) in [6.07, 6.45) is 5.42. The summed E-state index contributed by atoms with van der Waals surface area (Å²) in [5.74, 6) is 0.581. The molecular formula is C18H26N2O. The van der Waals surface area contributed by atoms with Crippen LogP contribution in [-0.2, 0) is 4.79 Å². The molecule has 2 heterocycles. The molecule has 1 amide bonds. The molecule has 3 atom stereocenters. The molecule has 3 unspecified atom stereocenters. The molecule has 3 heteroatoms. The Bertz CT molecular complexity index is 475. The highest BCUT2D eigenvalue weighted by atomic mass is 16.2. The van der Waals surface area contributed by atoms with Gasteiger partial charge in [0.25, 0.3) is 0 Å². The van der Waals surface area contributed by atoms with E-state index in [1.807, 2.05) is 30.1 Å². The molecule has 2 bridgehead atoms. The Morgan fingerprint density at radius 2 is 1.86 bits per heavy atom. The van der Waals surface area contributed by atoms with Crippen molar-refractivity contribution in [1.82, 2.24) is 10.2 Å². The van der Waals surface area contributed by atoms with Crippen LogP contribution in [0, 0.1) is 0 Å². The monoisotopic (exact) mass is 286 g/mol. The Labute approximate surface area is 127 Å². The molecule has 2 aliphatic heterocycles. The molecule has 3 nitrogen and oxygen atoms in total. The number of amides is 1. The van der Waals surface area contributed by atoms with E-state index >= 15 is 0 Å². The van der Waals surface area contributed by atoms with Crippen molar-refractivity contribution in [2.75, 3.05) is 7.05 Å². The van der Waals surface area contributed by atoms with E-state index in [4.69, 9.17) is 0 Å². The highest BCUT2D eigenvalue weighted by molar-refractivity contribution is 5.77. The van der Waals surface area contributed by atoms with E-state index in [1.54, 1.807) is 0 Å². The highest BCUT2D eigenvalue weighted by Crippen LogP contribution is 2.30. The van der Waals surface area contributed by atoms with Gasteiger partial charge in [-0.1, -0.05) is 37.3 Å². The summed E-state index contributed by atoms with van der Waals surface area (Å²) in [4.78, 5) is 14.6. The van der Waals surface area contributed by atoms with Crippen molar-refractivity contribution in [2.45, 2.75) is 63.1 Å². The number of benzene rings is 1. The second-order valence-corrected chi connectivity index (χ2v) is 6.78. The number of piperidine rings is 1. The van der Waals surface area contributed by atoms with Crippen LogP contribution in [-0.4, -0.2) is 36.0 Å². The van der Waals surface area contributed by atoms with Gasteiger partial charge in [0.05, 0.1) is 0 Å². The van der Waals surface area contributed by atoms with Gasteiger partial charge < -0.3 is 10.2 Å². The van der Waals surface area contributed by atoms with Gasteiger partial charge in [0, 0.05) is 31.6 Å². The second-order valence-electron chi connectivity index (χ2n) is 6.78. The minimum atomic E-state index is 0.289. The number of hydrogen-bond acceptors (Lipinski definition) is 2. The van der Waals surface area contributed by atoms with Crippen molar-refractivity contribution in [1.29, 1.82) is 0 Å². The molecule has 2 saturated heterocycles. The number of hydrogen-bond donors (Lipinski definition) is 1. The Morgan fingerprint density at radius 3 is 2.48 bits per heavy atom. The van der Waals surface area contributed by atoms with Crippen LogP contribution in [0.4, 0.5) is 0 Å². The maximum absolute atomic E-state index is 12.6. The molecule has 114 valence electrons. The van der Waals surface area contributed by atoms with Gasteiger partial charge in [0.1, 0.15) is 0 Å². The largest absolute Gasteiger partial charge is 0.343 e. The quantitative estimate of drug-likeness (QED) is 0.923. The average molecular weight is 286 g/mol. The number of nitrogens with one attached hydrogen (secondary N) is 1. The molecule has 1 N–H and O–H groups in total.